The molecule has 0 saturated carbocycles. The number of hydrogen-bond acceptors (Lipinski definition) is 4. The lowest BCUT2D eigenvalue weighted by atomic mass is 10.0. The maximum Gasteiger partial charge on any atom is 0.217 e. The minimum Gasteiger partial charge on any atom is -0.354 e. The number of amides is 1. The first-order chi connectivity index (χ1) is 10.2. The Morgan fingerprint density at radius 1 is 1.48 bits per heavy atom. The number of carbonyl (C=O) groups is 1. The van der Waals surface area contributed by atoms with Crippen molar-refractivity contribution >= 4 is 28.8 Å². The summed E-state index contributed by atoms with van der Waals surface area (Å²) in [4.78, 5) is 18.0. The van der Waals surface area contributed by atoms with Crippen molar-refractivity contribution in [2.45, 2.75) is 50.9 Å². The van der Waals surface area contributed by atoms with Crippen LogP contribution in [0.4, 0.5) is 0 Å². The van der Waals surface area contributed by atoms with Gasteiger partial charge in [0.1, 0.15) is 0 Å². The number of unbranched alkanes of at least 4 members (excludes halogenated alkanes) is 1. The third-order valence-corrected chi connectivity index (χ3v) is 5.08. The smallest absolute Gasteiger partial charge is 0.217 e. The Kier molecular flexibility index (Phi) is 6.93. The normalized spacial score (nSPS) is 17.0. The van der Waals surface area contributed by atoms with E-state index in [9.17, 15) is 4.79 Å². The van der Waals surface area contributed by atoms with Crippen LogP contribution in [0.15, 0.2) is 5.38 Å². The van der Waals surface area contributed by atoms with Gasteiger partial charge in [-0.05, 0) is 38.6 Å². The molecule has 0 aliphatic carbocycles. The number of rotatable bonds is 7. The number of carbonyl (C=O) groups excluding carboxylic acids is 1. The fourth-order valence-corrected chi connectivity index (χ4v) is 3.79. The molecule has 1 aromatic heterocycles. The highest BCUT2D eigenvalue weighted by Crippen LogP contribution is 2.15. The van der Waals surface area contributed by atoms with Crippen LogP contribution in [0.25, 0.3) is 0 Å². The van der Waals surface area contributed by atoms with Gasteiger partial charge in [0, 0.05) is 31.4 Å². The summed E-state index contributed by atoms with van der Waals surface area (Å²) >= 11 is 7.47. The van der Waals surface area contributed by atoms with Gasteiger partial charge in [0.15, 0.2) is 0 Å². The van der Waals surface area contributed by atoms with E-state index in [-0.39, 0.29) is 5.91 Å². The molecule has 1 amide bonds. The molecule has 1 aliphatic rings. The van der Waals surface area contributed by atoms with Gasteiger partial charge in [-0.2, -0.15) is 0 Å². The monoisotopic (exact) mass is 329 g/mol. The number of piperidine rings is 1. The Morgan fingerprint density at radius 3 is 2.86 bits per heavy atom. The summed E-state index contributed by atoms with van der Waals surface area (Å²) in [7, 11) is 0. The molecule has 2 rings (SSSR count). The number of likely N-dealkylation sites (tertiary alicyclic amines) is 1. The molecule has 1 N–H and O–H groups in total. The predicted molar refractivity (Wildman–Crippen MR) is 87.9 cm³/mol. The fourth-order valence-electron chi connectivity index (χ4n) is 2.73. The summed E-state index contributed by atoms with van der Waals surface area (Å²) in [5, 5.41) is 6.27. The van der Waals surface area contributed by atoms with E-state index in [2.05, 4.69) is 20.6 Å². The van der Waals surface area contributed by atoms with Crippen LogP contribution in [0.2, 0.25) is 0 Å². The molecular weight excluding hydrogens is 306 g/mol. The summed E-state index contributed by atoms with van der Waals surface area (Å²) < 4.78 is 0. The Morgan fingerprint density at radius 2 is 2.24 bits per heavy atom. The van der Waals surface area contributed by atoms with Crippen molar-refractivity contribution in [2.75, 3.05) is 19.6 Å². The lowest BCUT2D eigenvalue weighted by molar-refractivity contribution is -0.119. The van der Waals surface area contributed by atoms with E-state index in [1.807, 2.05) is 0 Å². The van der Waals surface area contributed by atoms with Crippen molar-refractivity contribution in [1.29, 1.82) is 0 Å². The van der Waals surface area contributed by atoms with E-state index in [1.54, 1.807) is 18.3 Å². The van der Waals surface area contributed by atoms with E-state index in [0.717, 1.165) is 44.6 Å². The lowest BCUT2D eigenvalue weighted by Crippen LogP contribution is -2.44. The van der Waals surface area contributed by atoms with Gasteiger partial charge in [0.05, 0.1) is 16.6 Å². The molecule has 0 bridgehead atoms. The topological polar surface area (TPSA) is 45.2 Å². The minimum atomic E-state index is 0.0909. The average molecular weight is 330 g/mol. The summed E-state index contributed by atoms with van der Waals surface area (Å²) in [5.41, 5.74) is 0.997. The van der Waals surface area contributed by atoms with Gasteiger partial charge in [-0.25, -0.2) is 4.98 Å². The van der Waals surface area contributed by atoms with Crippen LogP contribution in [0.5, 0.6) is 0 Å². The summed E-state index contributed by atoms with van der Waals surface area (Å²) in [6, 6.07) is 0.378. The van der Waals surface area contributed by atoms with Crippen molar-refractivity contribution in [2.24, 2.45) is 0 Å². The number of hydrogen-bond donors (Lipinski definition) is 1. The van der Waals surface area contributed by atoms with Gasteiger partial charge in [-0.1, -0.05) is 0 Å². The summed E-state index contributed by atoms with van der Waals surface area (Å²) in [6.07, 6.45) is 5.60. The Hall–Kier alpha value is -0.650. The highest BCUT2D eigenvalue weighted by Gasteiger charge is 2.18. The van der Waals surface area contributed by atoms with Gasteiger partial charge in [-0.3, -0.25) is 4.79 Å². The van der Waals surface area contributed by atoms with Crippen LogP contribution in [0.3, 0.4) is 0 Å². The molecule has 1 saturated heterocycles. The van der Waals surface area contributed by atoms with Gasteiger partial charge in [0.2, 0.25) is 5.91 Å². The molecule has 6 heteroatoms. The van der Waals surface area contributed by atoms with E-state index < -0.39 is 0 Å². The number of nitrogens with one attached hydrogen (secondary N) is 1. The highest BCUT2D eigenvalue weighted by molar-refractivity contribution is 7.09. The lowest BCUT2D eigenvalue weighted by Gasteiger charge is -2.32. The minimum absolute atomic E-state index is 0.0909. The average Bonchev–Trinajstić information content (AvgIpc) is 2.93. The second-order valence-electron chi connectivity index (χ2n) is 5.64. The molecule has 1 fully saturated rings. The maximum atomic E-state index is 11.0. The fraction of sp³-hybridized carbons (Fsp3) is 0.733. The molecular formula is C15H24ClN3OS. The van der Waals surface area contributed by atoms with Crippen molar-refractivity contribution in [3.8, 4) is 0 Å². The van der Waals surface area contributed by atoms with Crippen molar-refractivity contribution in [3.05, 3.63) is 16.1 Å². The number of thiazole rings is 1. The van der Waals surface area contributed by atoms with Gasteiger partial charge >= 0.3 is 0 Å². The quantitative estimate of drug-likeness (QED) is 0.618. The zero-order valence-electron chi connectivity index (χ0n) is 12.6. The summed E-state index contributed by atoms with van der Waals surface area (Å²) in [6.45, 7) is 4.94. The largest absolute Gasteiger partial charge is 0.354 e. The third kappa shape index (κ3) is 5.93. The number of aromatic nitrogens is 1. The molecule has 4 nitrogen and oxygen atoms in total. The first kappa shape index (κ1) is 16.7. The van der Waals surface area contributed by atoms with Crippen LogP contribution in [-0.4, -0.2) is 41.5 Å². The third-order valence-electron chi connectivity index (χ3n) is 3.85. The number of nitrogens with zero attached hydrogens (tertiary/aromatic N) is 2. The number of alkyl halides is 1. The van der Waals surface area contributed by atoms with Gasteiger partial charge in [-0.15, -0.1) is 22.9 Å². The molecule has 1 aliphatic heterocycles. The molecule has 21 heavy (non-hydrogen) atoms. The van der Waals surface area contributed by atoms with Gasteiger partial charge in [0.25, 0.3) is 0 Å². The Balaban J connectivity index is 1.56. The Bertz CT molecular complexity index is 444. The first-order valence-electron chi connectivity index (χ1n) is 7.66. The molecule has 0 atom stereocenters. The van der Waals surface area contributed by atoms with Crippen LogP contribution < -0.4 is 5.32 Å². The zero-order valence-corrected chi connectivity index (χ0v) is 14.2. The van der Waals surface area contributed by atoms with Crippen LogP contribution in [-0.2, 0) is 17.1 Å². The van der Waals surface area contributed by atoms with E-state index in [0.29, 0.717) is 11.9 Å². The van der Waals surface area contributed by atoms with Crippen LogP contribution in [0, 0.1) is 0 Å². The second kappa shape index (κ2) is 8.71. The molecule has 0 radical (unpaired) electrons. The van der Waals surface area contributed by atoms with Crippen molar-refractivity contribution in [3.63, 3.8) is 0 Å². The van der Waals surface area contributed by atoms with E-state index in [1.165, 1.54) is 17.8 Å². The SMILES string of the molecule is CC(=O)NC1CCN(CCCCc2nc(CCl)cs2)CC1. The van der Waals surface area contributed by atoms with Gasteiger partial charge < -0.3 is 10.2 Å². The zero-order chi connectivity index (χ0) is 15.1. The standard InChI is InChI=1S/C15H24ClN3OS/c1-12(20)17-13-5-8-19(9-6-13)7-3-2-4-15-18-14(10-16)11-21-15/h11,13H,2-10H2,1H3,(H,17,20). The predicted octanol–water partition coefficient (Wildman–Crippen LogP) is 2.81. The Labute approximate surface area is 135 Å². The molecule has 0 unspecified atom stereocenters. The second-order valence-corrected chi connectivity index (χ2v) is 6.85. The number of aryl methyl sites for hydroxylation is 1. The van der Waals surface area contributed by atoms with Crippen molar-refractivity contribution < 1.29 is 4.79 Å². The van der Waals surface area contributed by atoms with Crippen LogP contribution in [0.1, 0.15) is 43.3 Å². The van der Waals surface area contributed by atoms with Crippen LogP contribution >= 0.6 is 22.9 Å². The molecule has 0 spiro atoms. The molecule has 1 aromatic rings. The summed E-state index contributed by atoms with van der Waals surface area (Å²) in [5.74, 6) is 0.605. The number of halogens is 1. The van der Waals surface area contributed by atoms with Crippen molar-refractivity contribution in [1.82, 2.24) is 15.2 Å². The van der Waals surface area contributed by atoms with E-state index >= 15 is 0 Å². The first-order valence-corrected chi connectivity index (χ1v) is 9.07. The molecule has 2 heterocycles. The highest BCUT2D eigenvalue weighted by atomic mass is 35.5. The van der Waals surface area contributed by atoms with E-state index in [4.69, 9.17) is 11.6 Å². The maximum absolute atomic E-state index is 11.0. The molecule has 118 valence electrons. The molecule has 0 aromatic carbocycles.